The zero-order chi connectivity index (χ0) is 19.3. The number of nitrogens with zero attached hydrogens (tertiary/aromatic N) is 3. The van der Waals surface area contributed by atoms with E-state index in [-0.39, 0.29) is 0 Å². The maximum Gasteiger partial charge on any atom is 0.154 e. The minimum atomic E-state index is 0.318. The van der Waals surface area contributed by atoms with Gasteiger partial charge in [-0.15, -0.1) is 0 Å². The Balaban J connectivity index is 1.68. The molecular formula is C22H25N5O. The van der Waals surface area contributed by atoms with Crippen molar-refractivity contribution in [3.8, 4) is 5.75 Å². The number of hydrogen-bond donors (Lipinski definition) is 2. The zero-order valence-corrected chi connectivity index (χ0v) is 16.0. The van der Waals surface area contributed by atoms with Gasteiger partial charge in [0.25, 0.3) is 0 Å². The van der Waals surface area contributed by atoms with Crippen LogP contribution in [0.4, 0.5) is 5.82 Å². The van der Waals surface area contributed by atoms with Crippen LogP contribution >= 0.6 is 0 Å². The molecule has 28 heavy (non-hydrogen) atoms. The monoisotopic (exact) mass is 375 g/mol. The van der Waals surface area contributed by atoms with Gasteiger partial charge in [0, 0.05) is 29.9 Å². The van der Waals surface area contributed by atoms with Gasteiger partial charge in [-0.1, -0.05) is 6.07 Å². The number of nitrogens with one attached hydrogen (secondary N) is 1. The standard InChI is InChI=1S/C22H25N5O/c1-28-18-9-10-20-19(13-18)22(25-17-7-5-16(23)6-8-17)27-21(26-20)11-4-15-3-2-12-24-14-15/h2-4,9-14,16-17H,5-8,23H2,1H3,(H,25,26,27)/b11-4-. The number of methoxy groups -OCH3 is 1. The molecule has 6 nitrogen and oxygen atoms in total. The van der Waals surface area contributed by atoms with Crippen LogP contribution in [0.25, 0.3) is 23.1 Å². The summed E-state index contributed by atoms with van der Waals surface area (Å²) >= 11 is 0. The smallest absolute Gasteiger partial charge is 0.154 e. The van der Waals surface area contributed by atoms with Gasteiger partial charge in [0.2, 0.25) is 0 Å². The van der Waals surface area contributed by atoms with E-state index in [2.05, 4.69) is 10.3 Å². The first-order valence-electron chi connectivity index (χ1n) is 9.67. The lowest BCUT2D eigenvalue weighted by Gasteiger charge is -2.27. The molecule has 0 spiro atoms. The first kappa shape index (κ1) is 18.4. The zero-order valence-electron chi connectivity index (χ0n) is 16.0. The Morgan fingerprint density at radius 2 is 1.96 bits per heavy atom. The average molecular weight is 375 g/mol. The molecule has 6 heteroatoms. The molecule has 3 N–H and O–H groups in total. The summed E-state index contributed by atoms with van der Waals surface area (Å²) in [5.74, 6) is 2.30. The average Bonchev–Trinajstić information content (AvgIpc) is 2.74. The Kier molecular flexibility index (Phi) is 5.48. The van der Waals surface area contributed by atoms with Gasteiger partial charge in [0.15, 0.2) is 5.82 Å². The van der Waals surface area contributed by atoms with E-state index in [1.165, 1.54) is 0 Å². The van der Waals surface area contributed by atoms with E-state index < -0.39 is 0 Å². The molecule has 0 radical (unpaired) electrons. The first-order chi connectivity index (χ1) is 13.7. The van der Waals surface area contributed by atoms with Crippen LogP contribution in [-0.2, 0) is 0 Å². The lowest BCUT2D eigenvalue weighted by Crippen LogP contribution is -2.33. The van der Waals surface area contributed by atoms with Crippen LogP contribution in [0.2, 0.25) is 0 Å². The lowest BCUT2D eigenvalue weighted by atomic mass is 9.92. The number of nitrogens with two attached hydrogens (primary N) is 1. The summed E-state index contributed by atoms with van der Waals surface area (Å²) in [5.41, 5.74) is 7.95. The van der Waals surface area contributed by atoms with Crippen LogP contribution < -0.4 is 15.8 Å². The minimum absolute atomic E-state index is 0.318. The third-order valence-corrected chi connectivity index (χ3v) is 5.14. The molecule has 0 saturated heterocycles. The van der Waals surface area contributed by atoms with Crippen molar-refractivity contribution in [2.45, 2.75) is 37.8 Å². The summed E-state index contributed by atoms with van der Waals surface area (Å²) < 4.78 is 5.40. The Morgan fingerprint density at radius 3 is 2.71 bits per heavy atom. The summed E-state index contributed by atoms with van der Waals surface area (Å²) in [7, 11) is 1.67. The molecule has 0 amide bonds. The first-order valence-corrected chi connectivity index (χ1v) is 9.67. The minimum Gasteiger partial charge on any atom is -0.497 e. The van der Waals surface area contributed by atoms with Crippen molar-refractivity contribution >= 4 is 28.9 Å². The molecule has 1 aromatic carbocycles. The molecule has 4 rings (SSSR count). The van der Waals surface area contributed by atoms with Crippen LogP contribution in [-0.4, -0.2) is 34.1 Å². The van der Waals surface area contributed by atoms with Crippen molar-refractivity contribution in [2.24, 2.45) is 5.73 Å². The van der Waals surface area contributed by atoms with Gasteiger partial charge >= 0.3 is 0 Å². The molecule has 1 fully saturated rings. The normalized spacial score (nSPS) is 19.8. The number of pyridine rings is 1. The fraction of sp³-hybridized carbons (Fsp3) is 0.318. The van der Waals surface area contributed by atoms with Crippen LogP contribution in [0, 0.1) is 0 Å². The number of hydrogen-bond acceptors (Lipinski definition) is 6. The predicted octanol–water partition coefficient (Wildman–Crippen LogP) is 3.89. The summed E-state index contributed by atoms with van der Waals surface area (Å²) in [5, 5.41) is 4.59. The Bertz CT molecular complexity index is 965. The van der Waals surface area contributed by atoms with Crippen molar-refractivity contribution < 1.29 is 4.74 Å². The second kappa shape index (κ2) is 8.35. The molecule has 0 atom stereocenters. The summed E-state index contributed by atoms with van der Waals surface area (Å²) in [6, 6.07) is 10.5. The van der Waals surface area contributed by atoms with Gasteiger partial charge < -0.3 is 15.8 Å². The van der Waals surface area contributed by atoms with Crippen molar-refractivity contribution in [1.82, 2.24) is 15.0 Å². The number of anilines is 1. The number of ether oxygens (including phenoxy) is 1. The highest BCUT2D eigenvalue weighted by Gasteiger charge is 2.20. The van der Waals surface area contributed by atoms with Gasteiger partial charge in [0.05, 0.1) is 12.6 Å². The molecule has 1 saturated carbocycles. The lowest BCUT2D eigenvalue weighted by molar-refractivity contribution is 0.410. The molecule has 0 unspecified atom stereocenters. The van der Waals surface area contributed by atoms with Gasteiger partial charge in [-0.3, -0.25) is 4.98 Å². The fourth-order valence-corrected chi connectivity index (χ4v) is 3.54. The predicted molar refractivity (Wildman–Crippen MR) is 113 cm³/mol. The van der Waals surface area contributed by atoms with E-state index >= 15 is 0 Å². The van der Waals surface area contributed by atoms with E-state index in [1.54, 1.807) is 13.3 Å². The van der Waals surface area contributed by atoms with Crippen LogP contribution in [0.3, 0.4) is 0 Å². The quantitative estimate of drug-likeness (QED) is 0.704. The summed E-state index contributed by atoms with van der Waals surface area (Å²) in [6.45, 7) is 0. The topological polar surface area (TPSA) is 86.0 Å². The van der Waals surface area contributed by atoms with Crippen molar-refractivity contribution in [3.63, 3.8) is 0 Å². The molecule has 0 bridgehead atoms. The highest BCUT2D eigenvalue weighted by Crippen LogP contribution is 2.28. The molecule has 144 valence electrons. The molecule has 1 aliphatic rings. The highest BCUT2D eigenvalue weighted by atomic mass is 16.5. The second-order valence-corrected chi connectivity index (χ2v) is 7.19. The maximum atomic E-state index is 6.05. The van der Waals surface area contributed by atoms with Crippen molar-refractivity contribution in [1.29, 1.82) is 0 Å². The molecule has 1 aliphatic carbocycles. The van der Waals surface area contributed by atoms with Crippen LogP contribution in [0.1, 0.15) is 37.1 Å². The molecule has 2 heterocycles. The maximum absolute atomic E-state index is 6.05. The molecule has 0 aliphatic heterocycles. The summed E-state index contributed by atoms with van der Waals surface area (Å²) in [4.78, 5) is 13.6. The van der Waals surface area contributed by atoms with E-state index in [4.69, 9.17) is 20.4 Å². The van der Waals surface area contributed by atoms with Crippen molar-refractivity contribution in [3.05, 3.63) is 54.1 Å². The van der Waals surface area contributed by atoms with E-state index in [9.17, 15) is 0 Å². The highest BCUT2D eigenvalue weighted by molar-refractivity contribution is 5.91. The Morgan fingerprint density at radius 1 is 1.11 bits per heavy atom. The third-order valence-electron chi connectivity index (χ3n) is 5.14. The van der Waals surface area contributed by atoms with Crippen LogP contribution in [0.5, 0.6) is 5.75 Å². The Hall–Kier alpha value is -2.99. The number of aromatic nitrogens is 3. The Labute approximate surface area is 164 Å². The second-order valence-electron chi connectivity index (χ2n) is 7.19. The van der Waals surface area contributed by atoms with E-state index in [0.29, 0.717) is 17.9 Å². The number of fused-ring (bicyclic) bond motifs is 1. The van der Waals surface area contributed by atoms with Gasteiger partial charge in [-0.25, -0.2) is 9.97 Å². The largest absolute Gasteiger partial charge is 0.497 e. The molecule has 3 aromatic rings. The molecular weight excluding hydrogens is 350 g/mol. The van der Waals surface area contributed by atoms with Crippen molar-refractivity contribution in [2.75, 3.05) is 12.4 Å². The van der Waals surface area contributed by atoms with Gasteiger partial charge in [-0.05, 0) is 67.7 Å². The summed E-state index contributed by atoms with van der Waals surface area (Å²) in [6.07, 6.45) is 11.6. The van der Waals surface area contributed by atoms with E-state index in [1.807, 2.05) is 48.7 Å². The van der Waals surface area contributed by atoms with Gasteiger partial charge in [-0.2, -0.15) is 0 Å². The van der Waals surface area contributed by atoms with Crippen LogP contribution in [0.15, 0.2) is 42.7 Å². The molecule has 2 aromatic heterocycles. The SMILES string of the molecule is COc1ccc2nc(/C=C\c3cccnc3)nc(NC3CCC(N)CC3)c2c1. The third kappa shape index (κ3) is 4.28. The van der Waals surface area contributed by atoms with Gasteiger partial charge in [0.1, 0.15) is 11.6 Å². The number of benzene rings is 1. The number of rotatable bonds is 5. The fourth-order valence-electron chi connectivity index (χ4n) is 3.54. The van der Waals surface area contributed by atoms with E-state index in [0.717, 1.165) is 53.7 Å².